The molecule has 7 heteroatoms. The highest BCUT2D eigenvalue weighted by Gasteiger charge is 2.21. The average Bonchev–Trinajstić information content (AvgIpc) is 2.75. The van der Waals surface area contributed by atoms with Crippen LogP contribution in [0.1, 0.15) is 26.4 Å². The summed E-state index contributed by atoms with van der Waals surface area (Å²) in [6.07, 6.45) is 1.23. The lowest BCUT2D eigenvalue weighted by Gasteiger charge is -2.04. The highest BCUT2D eigenvalue weighted by atomic mass is 19.1. The summed E-state index contributed by atoms with van der Waals surface area (Å²) in [5, 5.41) is 8.89. The van der Waals surface area contributed by atoms with Gasteiger partial charge >= 0.3 is 5.97 Å². The van der Waals surface area contributed by atoms with E-state index in [4.69, 9.17) is 10.8 Å². The molecule has 0 fully saturated rings. The number of rotatable bonds is 3. The number of benzene rings is 1. The third-order valence-electron chi connectivity index (χ3n) is 2.80. The molecule has 1 aromatic heterocycles. The van der Waals surface area contributed by atoms with Gasteiger partial charge in [-0.2, -0.15) is 0 Å². The quantitative estimate of drug-likeness (QED) is 0.663. The zero-order valence-electron chi connectivity index (χ0n) is 10.4. The van der Waals surface area contributed by atoms with Gasteiger partial charge in [0.05, 0.1) is 11.3 Å². The number of hydrogen-bond acceptors (Lipinski definition) is 3. The van der Waals surface area contributed by atoms with Gasteiger partial charge in [-0.05, 0) is 18.2 Å². The summed E-state index contributed by atoms with van der Waals surface area (Å²) >= 11 is 0. The number of carboxylic acids is 1. The number of nitrogens with two attached hydrogens (primary N) is 1. The highest BCUT2D eigenvalue weighted by Crippen LogP contribution is 2.21. The van der Waals surface area contributed by atoms with Gasteiger partial charge in [-0.3, -0.25) is 4.79 Å². The van der Waals surface area contributed by atoms with Crippen molar-refractivity contribution in [3.8, 4) is 0 Å². The van der Waals surface area contributed by atoms with Crippen molar-refractivity contribution in [1.82, 2.24) is 4.57 Å². The summed E-state index contributed by atoms with van der Waals surface area (Å²) in [5.41, 5.74) is 4.03. The van der Waals surface area contributed by atoms with Gasteiger partial charge in [-0.1, -0.05) is 0 Å². The summed E-state index contributed by atoms with van der Waals surface area (Å²) in [5.74, 6) is -3.94. The topological polar surface area (TPSA) is 85.3 Å². The van der Waals surface area contributed by atoms with E-state index in [0.29, 0.717) is 0 Å². The molecule has 5 nitrogen and oxygen atoms in total. The lowest BCUT2D eigenvalue weighted by Crippen LogP contribution is -2.07. The molecule has 2 rings (SSSR count). The molecule has 2 aromatic rings. The van der Waals surface area contributed by atoms with Gasteiger partial charge in [0, 0.05) is 18.8 Å². The van der Waals surface area contributed by atoms with Crippen molar-refractivity contribution in [2.75, 3.05) is 5.73 Å². The number of halogens is 2. The Kier molecular flexibility index (Phi) is 3.27. The van der Waals surface area contributed by atoms with Gasteiger partial charge in [-0.25, -0.2) is 13.6 Å². The molecule has 0 saturated carbocycles. The van der Waals surface area contributed by atoms with E-state index in [1.165, 1.54) is 17.8 Å². The minimum atomic E-state index is -1.23. The molecule has 0 saturated heterocycles. The van der Waals surface area contributed by atoms with Crippen LogP contribution < -0.4 is 5.73 Å². The van der Waals surface area contributed by atoms with Gasteiger partial charge in [0.1, 0.15) is 11.5 Å². The predicted octanol–water partition coefficient (Wildman–Crippen LogP) is 1.81. The Balaban J connectivity index is 2.52. The molecule has 0 atom stereocenters. The Labute approximate surface area is 112 Å². The second kappa shape index (κ2) is 4.76. The first-order chi connectivity index (χ1) is 9.31. The number of hydrogen-bond donors (Lipinski definition) is 2. The summed E-state index contributed by atoms with van der Waals surface area (Å²) < 4.78 is 28.2. The molecule has 3 N–H and O–H groups in total. The number of carbonyl (C=O) groups is 2. The number of ketones is 1. The maximum absolute atomic E-state index is 13.7. The lowest BCUT2D eigenvalue weighted by atomic mass is 10.0. The second-order valence-electron chi connectivity index (χ2n) is 4.22. The summed E-state index contributed by atoms with van der Waals surface area (Å²) in [6, 6.07) is 2.58. The number of anilines is 1. The first-order valence-corrected chi connectivity index (χ1v) is 5.50. The molecular formula is C13H10F2N2O3. The monoisotopic (exact) mass is 280 g/mol. The third-order valence-corrected chi connectivity index (χ3v) is 2.80. The molecule has 1 heterocycles. The number of aryl methyl sites for hydroxylation is 1. The van der Waals surface area contributed by atoms with E-state index in [2.05, 4.69) is 0 Å². The van der Waals surface area contributed by atoms with Gasteiger partial charge in [0.25, 0.3) is 0 Å². The summed E-state index contributed by atoms with van der Waals surface area (Å²) in [7, 11) is 1.43. The normalized spacial score (nSPS) is 10.6. The molecule has 0 aliphatic rings. The Morgan fingerprint density at radius 1 is 1.25 bits per heavy atom. The van der Waals surface area contributed by atoms with Crippen LogP contribution in [0.2, 0.25) is 0 Å². The molecule has 104 valence electrons. The number of nitrogens with zero attached hydrogens (tertiary/aromatic N) is 1. The van der Waals surface area contributed by atoms with Crippen LogP contribution >= 0.6 is 0 Å². The SMILES string of the molecule is Cn1cc(C(=O)c2cc(F)cc(N)c2F)cc1C(=O)O. The fourth-order valence-corrected chi connectivity index (χ4v) is 1.83. The van der Waals surface area contributed by atoms with E-state index >= 15 is 0 Å². The van der Waals surface area contributed by atoms with Crippen molar-refractivity contribution >= 4 is 17.4 Å². The van der Waals surface area contributed by atoms with Crippen LogP contribution in [0.15, 0.2) is 24.4 Å². The molecule has 0 amide bonds. The van der Waals surface area contributed by atoms with E-state index in [-0.39, 0.29) is 11.3 Å². The molecule has 0 aliphatic carbocycles. The number of nitrogen functional groups attached to an aromatic ring is 1. The first kappa shape index (κ1) is 13.7. The van der Waals surface area contributed by atoms with Crippen LogP contribution in [0.3, 0.4) is 0 Å². The maximum atomic E-state index is 13.7. The minimum Gasteiger partial charge on any atom is -0.477 e. The van der Waals surface area contributed by atoms with Crippen molar-refractivity contribution < 1.29 is 23.5 Å². The zero-order valence-corrected chi connectivity index (χ0v) is 10.4. The van der Waals surface area contributed by atoms with E-state index in [9.17, 15) is 18.4 Å². The van der Waals surface area contributed by atoms with Crippen molar-refractivity contribution in [3.05, 3.63) is 52.9 Å². The van der Waals surface area contributed by atoms with Crippen molar-refractivity contribution in [3.63, 3.8) is 0 Å². The number of carboxylic acid groups (broad SMARTS) is 1. The second-order valence-corrected chi connectivity index (χ2v) is 4.22. The Morgan fingerprint density at radius 2 is 1.90 bits per heavy atom. The molecule has 0 aliphatic heterocycles. The van der Waals surface area contributed by atoms with Gasteiger partial charge < -0.3 is 15.4 Å². The van der Waals surface area contributed by atoms with Crippen molar-refractivity contribution in [2.45, 2.75) is 0 Å². The zero-order chi connectivity index (χ0) is 15.0. The average molecular weight is 280 g/mol. The first-order valence-electron chi connectivity index (χ1n) is 5.50. The van der Waals surface area contributed by atoms with Crippen LogP contribution in [0.4, 0.5) is 14.5 Å². The van der Waals surface area contributed by atoms with E-state index in [1.54, 1.807) is 0 Å². The molecule has 20 heavy (non-hydrogen) atoms. The van der Waals surface area contributed by atoms with E-state index in [0.717, 1.165) is 18.2 Å². The maximum Gasteiger partial charge on any atom is 0.352 e. The molecule has 0 unspecified atom stereocenters. The van der Waals surface area contributed by atoms with E-state index < -0.39 is 34.6 Å². The molecule has 0 radical (unpaired) electrons. The molecule has 0 bridgehead atoms. The molecular weight excluding hydrogens is 270 g/mol. The van der Waals surface area contributed by atoms with Crippen LogP contribution in [-0.2, 0) is 7.05 Å². The number of carbonyl (C=O) groups excluding carboxylic acids is 1. The van der Waals surface area contributed by atoms with Gasteiger partial charge in [0.15, 0.2) is 11.6 Å². The van der Waals surface area contributed by atoms with Crippen LogP contribution in [-0.4, -0.2) is 21.4 Å². The van der Waals surface area contributed by atoms with Crippen LogP contribution in [0.25, 0.3) is 0 Å². The Hall–Kier alpha value is -2.70. The highest BCUT2D eigenvalue weighted by molar-refractivity contribution is 6.10. The lowest BCUT2D eigenvalue weighted by molar-refractivity contribution is 0.0686. The standard InChI is InChI=1S/C13H10F2N2O3/c1-17-5-6(2-10(17)13(19)20)12(18)8-3-7(14)4-9(16)11(8)15/h2-5H,16H2,1H3,(H,19,20). The molecule has 0 spiro atoms. The summed E-state index contributed by atoms with van der Waals surface area (Å²) in [6.45, 7) is 0. The Bertz CT molecular complexity index is 723. The van der Waals surface area contributed by atoms with Crippen molar-refractivity contribution in [1.29, 1.82) is 0 Å². The Morgan fingerprint density at radius 3 is 2.45 bits per heavy atom. The fourth-order valence-electron chi connectivity index (χ4n) is 1.83. The number of aromatic nitrogens is 1. The molecule has 1 aromatic carbocycles. The van der Waals surface area contributed by atoms with Gasteiger partial charge in [0.2, 0.25) is 0 Å². The number of aromatic carboxylic acids is 1. The van der Waals surface area contributed by atoms with Crippen LogP contribution in [0, 0.1) is 11.6 Å². The smallest absolute Gasteiger partial charge is 0.352 e. The minimum absolute atomic E-state index is 0.0613. The van der Waals surface area contributed by atoms with Crippen molar-refractivity contribution in [2.24, 2.45) is 7.05 Å². The largest absolute Gasteiger partial charge is 0.477 e. The van der Waals surface area contributed by atoms with Crippen LogP contribution in [0.5, 0.6) is 0 Å². The van der Waals surface area contributed by atoms with E-state index in [1.807, 2.05) is 0 Å². The fraction of sp³-hybridized carbons (Fsp3) is 0.0769. The predicted molar refractivity (Wildman–Crippen MR) is 66.6 cm³/mol. The van der Waals surface area contributed by atoms with Gasteiger partial charge in [-0.15, -0.1) is 0 Å². The third kappa shape index (κ3) is 2.25. The summed E-state index contributed by atoms with van der Waals surface area (Å²) in [4.78, 5) is 23.0.